The molecule has 1 N–H and O–H groups in total. The van der Waals surface area contributed by atoms with E-state index in [-0.39, 0.29) is 5.76 Å². The van der Waals surface area contributed by atoms with E-state index in [0.29, 0.717) is 11.1 Å². The Morgan fingerprint density at radius 3 is 1.89 bits per heavy atom. The molecule has 0 spiro atoms. The van der Waals surface area contributed by atoms with Gasteiger partial charge in [0, 0.05) is 11.4 Å². The highest BCUT2D eigenvalue weighted by Crippen LogP contribution is 2.14. The lowest BCUT2D eigenvalue weighted by atomic mass is 10.2. The highest BCUT2D eigenvalue weighted by molar-refractivity contribution is 5.97. The molecule has 0 heterocycles. The monoisotopic (exact) mass is 237 g/mol. The zero-order valence-electron chi connectivity index (χ0n) is 9.59. The molecule has 0 saturated heterocycles. The highest BCUT2D eigenvalue weighted by atomic mass is 16.5. The number of carbonyl (C=O) groups is 1. The summed E-state index contributed by atoms with van der Waals surface area (Å²) >= 11 is 0. The van der Waals surface area contributed by atoms with Crippen LogP contribution in [0, 0.1) is 5.41 Å². The molecule has 0 saturated carbocycles. The summed E-state index contributed by atoms with van der Waals surface area (Å²) in [6.07, 6.45) is 0. The highest BCUT2D eigenvalue weighted by Gasteiger charge is 2.11. The van der Waals surface area contributed by atoms with E-state index >= 15 is 0 Å². The molecule has 0 amide bonds. The van der Waals surface area contributed by atoms with Crippen molar-refractivity contribution in [3.63, 3.8) is 0 Å². The van der Waals surface area contributed by atoms with E-state index in [0.717, 1.165) is 0 Å². The number of ether oxygens (including phenoxy) is 1. The minimum atomic E-state index is -0.491. The third kappa shape index (κ3) is 2.73. The predicted molar refractivity (Wildman–Crippen MR) is 69.4 cm³/mol. The van der Waals surface area contributed by atoms with E-state index in [1.54, 1.807) is 36.4 Å². The fourth-order valence-electron chi connectivity index (χ4n) is 1.47. The summed E-state index contributed by atoms with van der Waals surface area (Å²) in [6.45, 7) is 0. The van der Waals surface area contributed by atoms with Crippen LogP contribution in [0.25, 0.3) is 5.76 Å². The molecule has 18 heavy (non-hydrogen) atoms. The van der Waals surface area contributed by atoms with Gasteiger partial charge in [-0.15, -0.1) is 0 Å². The Balaban J connectivity index is 2.19. The molecular formula is C15H11NO2. The first-order valence-electron chi connectivity index (χ1n) is 5.43. The van der Waals surface area contributed by atoms with Gasteiger partial charge < -0.3 is 4.74 Å². The molecule has 0 aliphatic carbocycles. The van der Waals surface area contributed by atoms with Crippen molar-refractivity contribution >= 4 is 17.6 Å². The van der Waals surface area contributed by atoms with Crippen molar-refractivity contribution < 1.29 is 9.53 Å². The van der Waals surface area contributed by atoms with Gasteiger partial charge in [-0.25, -0.2) is 4.79 Å². The number of carbonyl (C=O) groups excluding carboxylic acids is 1. The third-order valence-corrected chi connectivity index (χ3v) is 2.35. The molecule has 0 unspecified atom stereocenters. The SMILES string of the molecule is N=C=C(OC(=O)c1ccccc1)c1ccccc1. The number of hydrogen-bond acceptors (Lipinski definition) is 3. The average Bonchev–Trinajstić information content (AvgIpc) is 2.46. The summed E-state index contributed by atoms with van der Waals surface area (Å²) < 4.78 is 5.15. The molecule has 88 valence electrons. The van der Waals surface area contributed by atoms with Gasteiger partial charge in [-0.1, -0.05) is 48.5 Å². The summed E-state index contributed by atoms with van der Waals surface area (Å²) in [7, 11) is 0. The van der Waals surface area contributed by atoms with Crippen LogP contribution in [-0.2, 0) is 4.74 Å². The number of nitrogens with one attached hydrogen (secondary N) is 1. The topological polar surface area (TPSA) is 50.1 Å². The van der Waals surface area contributed by atoms with Gasteiger partial charge >= 0.3 is 5.97 Å². The minimum absolute atomic E-state index is 0.115. The van der Waals surface area contributed by atoms with Crippen LogP contribution < -0.4 is 0 Å². The normalized spacial score (nSPS) is 9.33. The number of benzene rings is 2. The number of hydrogen-bond donors (Lipinski definition) is 1. The Hall–Kier alpha value is -2.64. The van der Waals surface area contributed by atoms with Gasteiger partial charge in [0.1, 0.15) is 0 Å². The second-order valence-corrected chi connectivity index (χ2v) is 3.58. The summed E-state index contributed by atoms with van der Waals surface area (Å²) in [4.78, 5) is 11.8. The summed E-state index contributed by atoms with van der Waals surface area (Å²) in [5.74, 6) is 1.77. The minimum Gasteiger partial charge on any atom is -0.412 e. The van der Waals surface area contributed by atoms with E-state index < -0.39 is 5.97 Å². The van der Waals surface area contributed by atoms with Gasteiger partial charge in [0.2, 0.25) is 0 Å². The maximum Gasteiger partial charge on any atom is 0.344 e. The summed E-state index contributed by atoms with van der Waals surface area (Å²) in [5.41, 5.74) is 1.10. The molecule has 0 aromatic heterocycles. The predicted octanol–water partition coefficient (Wildman–Crippen LogP) is 3.13. The Kier molecular flexibility index (Phi) is 3.69. The first-order valence-corrected chi connectivity index (χ1v) is 5.43. The molecule has 0 bridgehead atoms. The first-order chi connectivity index (χ1) is 8.81. The molecule has 0 aliphatic rings. The van der Waals surface area contributed by atoms with Crippen molar-refractivity contribution in [2.24, 2.45) is 0 Å². The van der Waals surface area contributed by atoms with E-state index in [2.05, 4.69) is 5.87 Å². The van der Waals surface area contributed by atoms with E-state index in [1.165, 1.54) is 0 Å². The Labute approximate surface area is 105 Å². The van der Waals surface area contributed by atoms with E-state index in [4.69, 9.17) is 10.1 Å². The molecule has 0 aliphatic heterocycles. The standard InChI is InChI=1S/C15H11NO2/c16-11-14(12-7-3-1-4-8-12)18-15(17)13-9-5-2-6-10-13/h1-10,16H. The Morgan fingerprint density at radius 2 is 1.39 bits per heavy atom. The summed E-state index contributed by atoms with van der Waals surface area (Å²) in [5, 5.41) is 7.19. The summed E-state index contributed by atoms with van der Waals surface area (Å²) in [6, 6.07) is 17.6. The quantitative estimate of drug-likeness (QED) is 0.506. The van der Waals surface area contributed by atoms with Gasteiger partial charge in [-0.2, -0.15) is 0 Å². The maximum absolute atomic E-state index is 11.8. The van der Waals surface area contributed by atoms with Crippen molar-refractivity contribution in [1.82, 2.24) is 0 Å². The van der Waals surface area contributed by atoms with Crippen molar-refractivity contribution in [2.45, 2.75) is 0 Å². The zero-order valence-corrected chi connectivity index (χ0v) is 9.59. The van der Waals surface area contributed by atoms with E-state index in [9.17, 15) is 4.79 Å². The van der Waals surface area contributed by atoms with E-state index in [1.807, 2.05) is 24.3 Å². The fourth-order valence-corrected chi connectivity index (χ4v) is 1.47. The third-order valence-electron chi connectivity index (χ3n) is 2.35. The second kappa shape index (κ2) is 5.62. The van der Waals surface area contributed by atoms with Crippen LogP contribution in [0.1, 0.15) is 15.9 Å². The van der Waals surface area contributed by atoms with Gasteiger partial charge in [0.15, 0.2) is 5.76 Å². The molecular weight excluding hydrogens is 226 g/mol. The van der Waals surface area contributed by atoms with Crippen LogP contribution in [0.15, 0.2) is 60.7 Å². The number of esters is 1. The Morgan fingerprint density at radius 1 is 0.889 bits per heavy atom. The number of rotatable bonds is 3. The van der Waals surface area contributed by atoms with Crippen LogP contribution in [-0.4, -0.2) is 11.8 Å². The van der Waals surface area contributed by atoms with Gasteiger partial charge in [-0.3, -0.25) is 5.41 Å². The van der Waals surface area contributed by atoms with Crippen LogP contribution in [0.3, 0.4) is 0 Å². The fraction of sp³-hybridized carbons (Fsp3) is 0. The second-order valence-electron chi connectivity index (χ2n) is 3.58. The van der Waals surface area contributed by atoms with Crippen LogP contribution in [0.2, 0.25) is 0 Å². The van der Waals surface area contributed by atoms with Crippen molar-refractivity contribution in [3.8, 4) is 0 Å². The molecule has 3 heteroatoms. The molecule has 2 rings (SSSR count). The molecule has 0 radical (unpaired) electrons. The molecule has 2 aromatic rings. The van der Waals surface area contributed by atoms with Crippen LogP contribution in [0.4, 0.5) is 0 Å². The molecule has 0 fully saturated rings. The van der Waals surface area contributed by atoms with Crippen molar-refractivity contribution in [1.29, 1.82) is 5.41 Å². The van der Waals surface area contributed by atoms with Crippen molar-refractivity contribution in [3.05, 3.63) is 71.8 Å². The first kappa shape index (κ1) is 11.8. The lowest BCUT2D eigenvalue weighted by Crippen LogP contribution is -2.04. The maximum atomic E-state index is 11.8. The van der Waals surface area contributed by atoms with Crippen LogP contribution in [0.5, 0.6) is 0 Å². The van der Waals surface area contributed by atoms with Gasteiger partial charge in [0.05, 0.1) is 5.56 Å². The van der Waals surface area contributed by atoms with Crippen molar-refractivity contribution in [2.75, 3.05) is 0 Å². The smallest absolute Gasteiger partial charge is 0.344 e. The molecule has 2 aromatic carbocycles. The Bertz CT molecular complexity index is 584. The van der Waals surface area contributed by atoms with Crippen LogP contribution >= 0.6 is 0 Å². The van der Waals surface area contributed by atoms with Gasteiger partial charge in [-0.05, 0) is 12.1 Å². The molecule has 0 atom stereocenters. The average molecular weight is 237 g/mol. The lowest BCUT2D eigenvalue weighted by molar-refractivity contribution is 0.0694. The molecule has 3 nitrogen and oxygen atoms in total. The largest absolute Gasteiger partial charge is 0.412 e. The lowest BCUT2D eigenvalue weighted by Gasteiger charge is -2.05. The zero-order chi connectivity index (χ0) is 12.8. The van der Waals surface area contributed by atoms with Gasteiger partial charge in [0.25, 0.3) is 0 Å².